The summed E-state index contributed by atoms with van der Waals surface area (Å²) in [5, 5.41) is 5.03. The number of carbonyl (C=O) groups excluding carboxylic acids is 1. The highest BCUT2D eigenvalue weighted by Crippen LogP contribution is 2.31. The molecule has 0 radical (unpaired) electrons. The maximum absolute atomic E-state index is 13.1. The zero-order valence-corrected chi connectivity index (χ0v) is 19.9. The molecule has 4 rings (SSSR count). The summed E-state index contributed by atoms with van der Waals surface area (Å²) < 4.78 is 33.6. The van der Waals surface area contributed by atoms with Crippen LogP contribution in [-0.4, -0.2) is 38.3 Å². The number of hydrogen-bond donors (Lipinski definition) is 1. The van der Waals surface area contributed by atoms with Crippen molar-refractivity contribution >= 4 is 49.1 Å². The average Bonchev–Trinajstić information content (AvgIpc) is 3.11. The first kappa shape index (κ1) is 22.7. The Labute approximate surface area is 193 Å². The molecule has 3 aromatic carbocycles. The van der Waals surface area contributed by atoms with Gasteiger partial charge in [-0.25, -0.2) is 8.42 Å². The molecule has 1 heterocycles. The quantitative estimate of drug-likeness (QED) is 0.432. The summed E-state index contributed by atoms with van der Waals surface area (Å²) in [6.45, 7) is 4.50. The molecular weight excluding hydrogens is 438 g/mol. The van der Waals surface area contributed by atoms with Crippen LogP contribution < -0.4 is 14.4 Å². The van der Waals surface area contributed by atoms with Gasteiger partial charge in [0.25, 0.3) is 0 Å². The van der Waals surface area contributed by atoms with Crippen LogP contribution in [0.2, 0.25) is 0 Å². The summed E-state index contributed by atoms with van der Waals surface area (Å²) in [4.78, 5) is 13.1. The lowest BCUT2D eigenvalue weighted by Gasteiger charge is -2.28. The topological polar surface area (TPSA) is 80.6 Å². The van der Waals surface area contributed by atoms with Crippen LogP contribution >= 0.6 is 0 Å². The molecule has 0 fully saturated rings. The standard InChI is InChI=1S/C25H27N3O4S/c1-5-27-23-9-7-6-8-21(23)22-16-18(10-15-24(22)27)26-25(29)17(2)28(33(4,30)31)19-11-13-20(32-3)14-12-19/h6-17H,5H2,1-4H3,(H,26,29)/t17-/m0/s1. The van der Waals surface area contributed by atoms with E-state index in [1.807, 2.05) is 30.3 Å². The molecule has 0 aliphatic carbocycles. The molecule has 0 unspecified atom stereocenters. The van der Waals surface area contributed by atoms with E-state index in [4.69, 9.17) is 4.74 Å². The van der Waals surface area contributed by atoms with Crippen LogP contribution in [0, 0.1) is 0 Å². The van der Waals surface area contributed by atoms with E-state index in [1.54, 1.807) is 31.2 Å². The van der Waals surface area contributed by atoms with Crippen LogP contribution in [-0.2, 0) is 21.4 Å². The summed E-state index contributed by atoms with van der Waals surface area (Å²) in [6.07, 6.45) is 1.09. The van der Waals surface area contributed by atoms with E-state index in [0.29, 0.717) is 17.1 Å². The number of hydrogen-bond acceptors (Lipinski definition) is 4. The molecule has 0 spiro atoms. The third-order valence-corrected chi connectivity index (χ3v) is 7.01. The van der Waals surface area contributed by atoms with E-state index in [9.17, 15) is 13.2 Å². The zero-order valence-electron chi connectivity index (χ0n) is 19.1. The Morgan fingerprint density at radius 3 is 2.33 bits per heavy atom. The number of para-hydroxylation sites is 1. The molecule has 8 heteroatoms. The maximum Gasteiger partial charge on any atom is 0.247 e. The summed E-state index contributed by atoms with van der Waals surface area (Å²) in [5.41, 5.74) is 3.22. The van der Waals surface area contributed by atoms with Gasteiger partial charge in [0.1, 0.15) is 11.8 Å². The highest BCUT2D eigenvalue weighted by molar-refractivity contribution is 7.92. The van der Waals surface area contributed by atoms with Gasteiger partial charge in [-0.1, -0.05) is 18.2 Å². The molecule has 0 saturated heterocycles. The third kappa shape index (κ3) is 4.26. The fourth-order valence-electron chi connectivity index (χ4n) is 4.26. The van der Waals surface area contributed by atoms with Crippen molar-refractivity contribution in [2.24, 2.45) is 0 Å². The summed E-state index contributed by atoms with van der Waals surface area (Å²) in [5.74, 6) is 0.179. The fourth-order valence-corrected chi connectivity index (χ4v) is 5.43. The predicted molar refractivity (Wildman–Crippen MR) is 134 cm³/mol. The van der Waals surface area contributed by atoms with E-state index in [1.165, 1.54) is 7.11 Å². The monoisotopic (exact) mass is 465 g/mol. The second kappa shape index (κ2) is 8.78. The Kier molecular flexibility index (Phi) is 6.03. The number of ether oxygens (including phenoxy) is 1. The van der Waals surface area contributed by atoms with E-state index in [-0.39, 0.29) is 0 Å². The molecule has 172 valence electrons. The normalized spacial score (nSPS) is 12.6. The Bertz CT molecular complexity index is 1430. The van der Waals surface area contributed by atoms with E-state index in [0.717, 1.165) is 38.9 Å². The lowest BCUT2D eigenvalue weighted by Crippen LogP contribution is -2.45. The number of aromatic nitrogens is 1. The van der Waals surface area contributed by atoms with Crippen LogP contribution in [0.25, 0.3) is 21.8 Å². The van der Waals surface area contributed by atoms with Gasteiger partial charge in [0.2, 0.25) is 15.9 Å². The van der Waals surface area contributed by atoms with E-state index < -0.39 is 22.0 Å². The Balaban J connectivity index is 1.66. The number of sulfonamides is 1. The molecule has 7 nitrogen and oxygen atoms in total. The molecule has 1 atom stereocenters. The Morgan fingerprint density at radius 1 is 1.03 bits per heavy atom. The second-order valence-corrected chi connectivity index (χ2v) is 9.77. The van der Waals surface area contributed by atoms with Gasteiger partial charge in [-0.15, -0.1) is 0 Å². The smallest absolute Gasteiger partial charge is 0.247 e. The van der Waals surface area contributed by atoms with Gasteiger partial charge in [-0.3, -0.25) is 9.10 Å². The number of methoxy groups -OCH3 is 1. The van der Waals surface area contributed by atoms with Crippen molar-refractivity contribution in [3.63, 3.8) is 0 Å². The number of anilines is 2. The van der Waals surface area contributed by atoms with Crippen LogP contribution in [0.4, 0.5) is 11.4 Å². The lowest BCUT2D eigenvalue weighted by atomic mass is 10.1. The van der Waals surface area contributed by atoms with Crippen molar-refractivity contribution in [2.75, 3.05) is 23.0 Å². The number of amides is 1. The van der Waals surface area contributed by atoms with Gasteiger partial charge in [-0.05, 0) is 62.4 Å². The second-order valence-electron chi connectivity index (χ2n) is 7.92. The number of rotatable bonds is 7. The molecule has 4 aromatic rings. The Morgan fingerprint density at radius 2 is 1.70 bits per heavy atom. The number of nitrogens with one attached hydrogen (secondary N) is 1. The van der Waals surface area contributed by atoms with Crippen molar-refractivity contribution in [3.05, 3.63) is 66.7 Å². The van der Waals surface area contributed by atoms with Gasteiger partial charge >= 0.3 is 0 Å². The predicted octanol–water partition coefficient (Wildman–Crippen LogP) is 4.62. The van der Waals surface area contributed by atoms with Gasteiger partial charge in [0.15, 0.2) is 0 Å². The first-order chi connectivity index (χ1) is 15.7. The molecule has 1 amide bonds. The molecule has 0 aliphatic heterocycles. The average molecular weight is 466 g/mol. The molecule has 0 bridgehead atoms. The van der Waals surface area contributed by atoms with Crippen molar-refractivity contribution < 1.29 is 17.9 Å². The Hall–Kier alpha value is -3.52. The minimum Gasteiger partial charge on any atom is -0.497 e. The van der Waals surface area contributed by atoms with Crippen molar-refractivity contribution in [2.45, 2.75) is 26.4 Å². The maximum atomic E-state index is 13.1. The van der Waals surface area contributed by atoms with Gasteiger partial charge in [-0.2, -0.15) is 0 Å². The number of carbonyl (C=O) groups is 1. The van der Waals surface area contributed by atoms with Crippen molar-refractivity contribution in [1.82, 2.24) is 4.57 Å². The van der Waals surface area contributed by atoms with E-state index in [2.05, 4.69) is 28.9 Å². The summed E-state index contributed by atoms with van der Waals surface area (Å²) >= 11 is 0. The molecule has 0 aliphatic rings. The fraction of sp³-hybridized carbons (Fsp3) is 0.240. The van der Waals surface area contributed by atoms with Crippen molar-refractivity contribution in [1.29, 1.82) is 0 Å². The van der Waals surface area contributed by atoms with Gasteiger partial charge < -0.3 is 14.6 Å². The first-order valence-corrected chi connectivity index (χ1v) is 12.5. The number of aryl methyl sites for hydroxylation is 1. The van der Waals surface area contributed by atoms with Crippen LogP contribution in [0.1, 0.15) is 13.8 Å². The van der Waals surface area contributed by atoms with E-state index >= 15 is 0 Å². The summed E-state index contributed by atoms with van der Waals surface area (Å²) in [6, 6.07) is 19.5. The molecule has 0 saturated carbocycles. The minimum absolute atomic E-state index is 0.391. The largest absolute Gasteiger partial charge is 0.497 e. The van der Waals surface area contributed by atoms with Gasteiger partial charge in [0.05, 0.1) is 19.1 Å². The number of benzene rings is 3. The lowest BCUT2D eigenvalue weighted by molar-refractivity contribution is -0.116. The van der Waals surface area contributed by atoms with Crippen LogP contribution in [0.5, 0.6) is 5.75 Å². The third-order valence-electron chi connectivity index (χ3n) is 5.77. The molecule has 33 heavy (non-hydrogen) atoms. The van der Waals surface area contributed by atoms with Gasteiger partial charge in [0, 0.05) is 34.0 Å². The summed E-state index contributed by atoms with van der Waals surface area (Å²) in [7, 11) is -2.17. The zero-order chi connectivity index (χ0) is 23.8. The number of nitrogens with zero attached hydrogens (tertiary/aromatic N) is 2. The highest BCUT2D eigenvalue weighted by Gasteiger charge is 2.29. The molecule has 1 N–H and O–H groups in total. The molecule has 1 aromatic heterocycles. The SMILES string of the molecule is CCn1c2ccccc2c2cc(NC(=O)[C@H](C)N(c3ccc(OC)cc3)S(C)(=O)=O)ccc21. The minimum atomic E-state index is -3.71. The highest BCUT2D eigenvalue weighted by atomic mass is 32.2. The molecular formula is C25H27N3O4S. The van der Waals surface area contributed by atoms with Crippen LogP contribution in [0.15, 0.2) is 66.7 Å². The van der Waals surface area contributed by atoms with Crippen molar-refractivity contribution in [3.8, 4) is 5.75 Å². The van der Waals surface area contributed by atoms with Crippen LogP contribution in [0.3, 0.4) is 0 Å². The number of fused-ring (bicyclic) bond motifs is 3. The first-order valence-electron chi connectivity index (χ1n) is 10.7.